The number of rotatable bonds is 3. The summed E-state index contributed by atoms with van der Waals surface area (Å²) in [5.74, 6) is -0.416. The van der Waals surface area contributed by atoms with E-state index in [1.807, 2.05) is 0 Å². The van der Waals surface area contributed by atoms with Crippen LogP contribution in [0, 0.1) is 11.3 Å². The molecule has 0 aliphatic carbocycles. The van der Waals surface area contributed by atoms with Gasteiger partial charge in [-0.2, -0.15) is 10.4 Å². The number of hydrogen-bond donors (Lipinski definition) is 2. The summed E-state index contributed by atoms with van der Waals surface area (Å²) in [7, 11) is 0. The zero-order chi connectivity index (χ0) is 8.69. The molecule has 0 aliphatic heterocycles. The zero-order valence-electron chi connectivity index (χ0n) is 6.29. The predicted octanol–water partition coefficient (Wildman–Crippen LogP) is -0.649. The van der Waals surface area contributed by atoms with Crippen LogP contribution in [-0.4, -0.2) is 18.2 Å². The minimum Gasteiger partial charge on any atom is -0.325 e. The van der Waals surface area contributed by atoms with Gasteiger partial charge in [-0.3, -0.25) is 4.79 Å². The SMILES string of the molecule is C/C(CN)=N\NC(=O)CC#N. The van der Waals surface area contributed by atoms with Gasteiger partial charge < -0.3 is 5.73 Å². The third-order valence-corrected chi connectivity index (χ3v) is 0.906. The first-order chi connectivity index (χ1) is 5.20. The Morgan fingerprint density at radius 3 is 2.91 bits per heavy atom. The van der Waals surface area contributed by atoms with Crippen LogP contribution in [0.1, 0.15) is 13.3 Å². The van der Waals surface area contributed by atoms with Gasteiger partial charge in [0.25, 0.3) is 5.91 Å². The lowest BCUT2D eigenvalue weighted by Gasteiger charge is -1.95. The van der Waals surface area contributed by atoms with E-state index in [0.717, 1.165) is 0 Å². The van der Waals surface area contributed by atoms with Crippen LogP contribution in [0.2, 0.25) is 0 Å². The summed E-state index contributed by atoms with van der Waals surface area (Å²) in [5.41, 5.74) is 7.99. The van der Waals surface area contributed by atoms with E-state index in [0.29, 0.717) is 12.3 Å². The van der Waals surface area contributed by atoms with Crippen LogP contribution >= 0.6 is 0 Å². The molecule has 0 bridgehead atoms. The molecule has 1 amide bonds. The molecule has 11 heavy (non-hydrogen) atoms. The second kappa shape index (κ2) is 5.38. The van der Waals surface area contributed by atoms with Crippen LogP contribution in [0.25, 0.3) is 0 Å². The quantitative estimate of drug-likeness (QED) is 0.418. The van der Waals surface area contributed by atoms with Crippen LogP contribution in [0.5, 0.6) is 0 Å². The first-order valence-electron chi connectivity index (χ1n) is 3.09. The Balaban J connectivity index is 3.71. The Hall–Kier alpha value is -1.41. The van der Waals surface area contributed by atoms with Crippen LogP contribution in [-0.2, 0) is 4.79 Å². The summed E-state index contributed by atoms with van der Waals surface area (Å²) in [5, 5.41) is 11.7. The summed E-state index contributed by atoms with van der Waals surface area (Å²) in [6.45, 7) is 1.99. The average Bonchev–Trinajstić information content (AvgIpc) is 2.01. The highest BCUT2D eigenvalue weighted by Gasteiger charge is 1.95. The van der Waals surface area contributed by atoms with Crippen LogP contribution in [0.3, 0.4) is 0 Å². The molecule has 5 nitrogen and oxygen atoms in total. The smallest absolute Gasteiger partial charge is 0.254 e. The summed E-state index contributed by atoms with van der Waals surface area (Å²) in [6.07, 6.45) is -0.179. The van der Waals surface area contributed by atoms with E-state index >= 15 is 0 Å². The molecule has 0 atom stereocenters. The molecule has 5 heteroatoms. The van der Waals surface area contributed by atoms with Crippen molar-refractivity contribution in [3.63, 3.8) is 0 Å². The predicted molar refractivity (Wildman–Crippen MR) is 40.5 cm³/mol. The first kappa shape index (κ1) is 9.59. The number of nitrogens with zero attached hydrogens (tertiary/aromatic N) is 2. The van der Waals surface area contributed by atoms with Crippen LogP contribution < -0.4 is 11.2 Å². The van der Waals surface area contributed by atoms with Crippen molar-refractivity contribution in [2.45, 2.75) is 13.3 Å². The molecule has 0 saturated carbocycles. The minimum absolute atomic E-state index is 0.179. The lowest BCUT2D eigenvalue weighted by Crippen LogP contribution is -2.20. The van der Waals surface area contributed by atoms with E-state index in [-0.39, 0.29) is 6.42 Å². The third kappa shape index (κ3) is 5.06. The number of carbonyl (C=O) groups is 1. The van der Waals surface area contributed by atoms with Crippen molar-refractivity contribution < 1.29 is 4.79 Å². The van der Waals surface area contributed by atoms with Gasteiger partial charge >= 0.3 is 0 Å². The fourth-order valence-electron chi connectivity index (χ4n) is 0.315. The number of carbonyl (C=O) groups excluding carboxylic acids is 1. The highest BCUT2D eigenvalue weighted by atomic mass is 16.2. The Morgan fingerprint density at radius 2 is 2.45 bits per heavy atom. The molecule has 0 unspecified atom stereocenters. The van der Waals surface area contributed by atoms with Crippen molar-refractivity contribution in [3.05, 3.63) is 0 Å². The molecule has 3 N–H and O–H groups in total. The molecule has 0 fully saturated rings. The highest BCUT2D eigenvalue weighted by molar-refractivity contribution is 5.86. The van der Waals surface area contributed by atoms with Gasteiger partial charge in [0.15, 0.2) is 0 Å². The van der Waals surface area contributed by atoms with E-state index in [1.165, 1.54) is 0 Å². The molecule has 0 radical (unpaired) electrons. The molecule has 0 rings (SSSR count). The van der Waals surface area contributed by atoms with Crippen molar-refractivity contribution in [1.29, 1.82) is 5.26 Å². The van der Waals surface area contributed by atoms with Gasteiger partial charge in [-0.1, -0.05) is 0 Å². The molecule has 0 aromatic rings. The first-order valence-corrected chi connectivity index (χ1v) is 3.09. The zero-order valence-corrected chi connectivity index (χ0v) is 6.29. The molecule has 0 aromatic heterocycles. The molecule has 0 heterocycles. The molecule has 0 aliphatic rings. The van der Waals surface area contributed by atoms with Crippen molar-refractivity contribution in [1.82, 2.24) is 5.43 Å². The number of hydrogen-bond acceptors (Lipinski definition) is 4. The Kier molecular flexibility index (Phi) is 4.69. The van der Waals surface area contributed by atoms with Gasteiger partial charge in [0.2, 0.25) is 0 Å². The van der Waals surface area contributed by atoms with Crippen molar-refractivity contribution in [2.75, 3.05) is 6.54 Å². The number of amides is 1. The maximum absolute atomic E-state index is 10.6. The number of nitriles is 1. The monoisotopic (exact) mass is 154 g/mol. The van der Waals surface area contributed by atoms with Crippen LogP contribution in [0.15, 0.2) is 5.10 Å². The lowest BCUT2D eigenvalue weighted by molar-refractivity contribution is -0.120. The number of hydrazone groups is 1. The maximum Gasteiger partial charge on any atom is 0.254 e. The summed E-state index contributed by atoms with van der Waals surface area (Å²) < 4.78 is 0. The van der Waals surface area contributed by atoms with Crippen LogP contribution in [0.4, 0.5) is 0 Å². The van der Waals surface area contributed by atoms with Crippen molar-refractivity contribution in [3.8, 4) is 6.07 Å². The molecule has 60 valence electrons. The Bertz CT molecular complexity index is 203. The molecule has 0 spiro atoms. The fraction of sp³-hybridized carbons (Fsp3) is 0.500. The molecule has 0 saturated heterocycles. The van der Waals surface area contributed by atoms with E-state index in [1.54, 1.807) is 13.0 Å². The van der Waals surface area contributed by atoms with Gasteiger partial charge in [0.05, 0.1) is 6.07 Å². The number of nitrogens with two attached hydrogens (primary N) is 1. The largest absolute Gasteiger partial charge is 0.325 e. The van der Waals surface area contributed by atoms with Gasteiger partial charge in [-0.05, 0) is 6.92 Å². The molecule has 0 aromatic carbocycles. The van der Waals surface area contributed by atoms with E-state index in [9.17, 15) is 4.79 Å². The average molecular weight is 154 g/mol. The Labute approximate surface area is 64.9 Å². The van der Waals surface area contributed by atoms with Crippen molar-refractivity contribution >= 4 is 11.6 Å². The second-order valence-corrected chi connectivity index (χ2v) is 1.92. The van der Waals surface area contributed by atoms with E-state index in [4.69, 9.17) is 11.0 Å². The van der Waals surface area contributed by atoms with Gasteiger partial charge in [-0.15, -0.1) is 0 Å². The van der Waals surface area contributed by atoms with Crippen molar-refractivity contribution in [2.24, 2.45) is 10.8 Å². The fourth-order valence-corrected chi connectivity index (χ4v) is 0.315. The minimum atomic E-state index is -0.416. The highest BCUT2D eigenvalue weighted by Crippen LogP contribution is 1.76. The summed E-state index contributed by atoms with van der Waals surface area (Å²) >= 11 is 0. The lowest BCUT2D eigenvalue weighted by atomic mass is 10.4. The number of nitrogens with one attached hydrogen (secondary N) is 1. The van der Waals surface area contributed by atoms with Gasteiger partial charge in [-0.25, -0.2) is 5.43 Å². The molecular weight excluding hydrogens is 144 g/mol. The Morgan fingerprint density at radius 1 is 1.82 bits per heavy atom. The summed E-state index contributed by atoms with van der Waals surface area (Å²) in [6, 6.07) is 1.70. The second-order valence-electron chi connectivity index (χ2n) is 1.92. The standard InChI is InChI=1S/C6H10N4O/c1-5(4-8)9-10-6(11)2-3-7/h2,4,8H2,1H3,(H,10,11)/b9-5+. The maximum atomic E-state index is 10.6. The van der Waals surface area contributed by atoms with Gasteiger partial charge in [0.1, 0.15) is 6.42 Å². The topological polar surface area (TPSA) is 91.3 Å². The van der Waals surface area contributed by atoms with E-state index < -0.39 is 5.91 Å². The van der Waals surface area contributed by atoms with E-state index in [2.05, 4.69) is 10.5 Å². The summed E-state index contributed by atoms with van der Waals surface area (Å²) in [4.78, 5) is 10.6. The normalized spacial score (nSPS) is 10.5. The van der Waals surface area contributed by atoms with Gasteiger partial charge in [0, 0.05) is 12.3 Å². The third-order valence-electron chi connectivity index (χ3n) is 0.906. The molecular formula is C6H10N4O.